The molecule has 0 aliphatic heterocycles. The second-order valence-corrected chi connectivity index (χ2v) is 8.18. The first-order valence-electron chi connectivity index (χ1n) is 8.89. The Hall–Kier alpha value is -0.600. The molecule has 0 N–H and O–H groups in total. The smallest absolute Gasteiger partial charge is 0.340 e. The highest BCUT2D eigenvalue weighted by atomic mass is 19.1. The average Bonchev–Trinajstić information content (AvgIpc) is 3.26. The van der Waals surface area contributed by atoms with Crippen molar-refractivity contribution in [2.75, 3.05) is 7.11 Å². The summed E-state index contributed by atoms with van der Waals surface area (Å²) < 4.78 is 19.7. The van der Waals surface area contributed by atoms with Gasteiger partial charge in [0.1, 0.15) is 0 Å². The van der Waals surface area contributed by atoms with E-state index in [4.69, 9.17) is 4.74 Å². The molecule has 0 amide bonds. The molecule has 3 heteroatoms. The molecule has 0 aromatic heterocycles. The molecule has 2 nitrogen and oxygen atoms in total. The molecule has 118 valence electrons. The van der Waals surface area contributed by atoms with Gasteiger partial charge in [0.05, 0.1) is 7.11 Å². The molecule has 4 aliphatic carbocycles. The summed E-state index contributed by atoms with van der Waals surface area (Å²) in [6, 6.07) is 0. The Morgan fingerprint density at radius 3 is 1.81 bits per heavy atom. The Morgan fingerprint density at radius 1 is 0.952 bits per heavy atom. The first-order valence-corrected chi connectivity index (χ1v) is 8.89. The van der Waals surface area contributed by atoms with Crippen LogP contribution in [0.15, 0.2) is 0 Å². The normalized spacial score (nSPS) is 46.8. The molecule has 21 heavy (non-hydrogen) atoms. The van der Waals surface area contributed by atoms with Crippen molar-refractivity contribution in [3.05, 3.63) is 0 Å². The fourth-order valence-electron chi connectivity index (χ4n) is 6.55. The highest BCUT2D eigenvalue weighted by molar-refractivity contribution is 5.74. The van der Waals surface area contributed by atoms with Gasteiger partial charge in [0.15, 0.2) is 0 Å². The zero-order valence-electron chi connectivity index (χ0n) is 13.0. The van der Waals surface area contributed by atoms with Crippen molar-refractivity contribution in [2.45, 2.75) is 57.5 Å². The second-order valence-electron chi connectivity index (χ2n) is 8.18. The lowest BCUT2D eigenvalue weighted by atomic mass is 9.67. The Kier molecular flexibility index (Phi) is 3.50. The number of carbonyl (C=O) groups is 1. The summed E-state index contributed by atoms with van der Waals surface area (Å²) in [5.74, 6) is 3.21. The van der Waals surface area contributed by atoms with Gasteiger partial charge >= 0.3 is 5.97 Å². The Morgan fingerprint density at radius 2 is 1.48 bits per heavy atom. The maximum atomic E-state index is 14.9. The fraction of sp³-hybridized carbons (Fsp3) is 0.944. The molecule has 0 aromatic rings. The van der Waals surface area contributed by atoms with E-state index in [-0.39, 0.29) is 5.92 Å². The van der Waals surface area contributed by atoms with Crippen LogP contribution in [-0.2, 0) is 9.53 Å². The van der Waals surface area contributed by atoms with E-state index in [9.17, 15) is 9.18 Å². The lowest BCUT2D eigenvalue weighted by Crippen LogP contribution is -2.41. The van der Waals surface area contributed by atoms with Crippen LogP contribution in [0, 0.1) is 41.4 Å². The molecule has 4 rings (SSSR count). The van der Waals surface area contributed by atoms with E-state index in [1.54, 1.807) is 0 Å². The number of alkyl halides is 1. The Balaban J connectivity index is 1.58. The highest BCUT2D eigenvalue weighted by Crippen LogP contribution is 2.59. The minimum Gasteiger partial charge on any atom is -0.467 e. The predicted molar refractivity (Wildman–Crippen MR) is 78.3 cm³/mol. The quantitative estimate of drug-likeness (QED) is 0.733. The Labute approximate surface area is 126 Å². The van der Waals surface area contributed by atoms with Crippen molar-refractivity contribution in [1.29, 1.82) is 0 Å². The number of esters is 1. The number of hydrogen-bond acceptors (Lipinski definition) is 2. The van der Waals surface area contributed by atoms with Crippen molar-refractivity contribution in [1.82, 2.24) is 0 Å². The molecule has 4 fully saturated rings. The first-order chi connectivity index (χ1) is 10.2. The number of halogens is 1. The van der Waals surface area contributed by atoms with Crippen LogP contribution < -0.4 is 0 Å². The molecule has 0 saturated heterocycles. The van der Waals surface area contributed by atoms with E-state index < -0.39 is 12.1 Å². The maximum absolute atomic E-state index is 14.9. The summed E-state index contributed by atoms with van der Waals surface area (Å²) in [5, 5.41) is 0. The molecular weight excluding hydrogens is 267 g/mol. The largest absolute Gasteiger partial charge is 0.467 e. The number of fused-ring (bicyclic) bond motifs is 4. The molecular formula is C18H27FO2. The minimum absolute atomic E-state index is 0.0527. The highest BCUT2D eigenvalue weighted by Gasteiger charge is 2.54. The number of ether oxygens (including phenoxy) is 1. The summed E-state index contributed by atoms with van der Waals surface area (Å²) in [6.45, 7) is 0. The molecule has 0 spiro atoms. The predicted octanol–water partition coefficient (Wildman–Crippen LogP) is 3.99. The summed E-state index contributed by atoms with van der Waals surface area (Å²) in [5.41, 5.74) is 0. The van der Waals surface area contributed by atoms with Crippen LogP contribution in [0.5, 0.6) is 0 Å². The van der Waals surface area contributed by atoms with E-state index in [1.807, 2.05) is 0 Å². The van der Waals surface area contributed by atoms with Crippen molar-refractivity contribution in [2.24, 2.45) is 41.4 Å². The van der Waals surface area contributed by atoms with Gasteiger partial charge in [-0.15, -0.1) is 0 Å². The average molecular weight is 294 g/mol. The summed E-state index contributed by atoms with van der Waals surface area (Å²) in [7, 11) is 1.33. The third kappa shape index (κ3) is 2.22. The van der Waals surface area contributed by atoms with E-state index in [1.165, 1.54) is 58.5 Å². The standard InChI is InChI=1S/C18H27FO2/c1-21-18(20)17(19)16(14-8-10-2-4-12(14)6-10)15-9-11-3-5-13(15)7-11/h10-17H,2-9H2,1H3/t10-,11+,12+,13-,14?,15?,16?,17?. The topological polar surface area (TPSA) is 26.3 Å². The molecule has 0 aromatic carbocycles. The van der Waals surface area contributed by atoms with Gasteiger partial charge in [0.25, 0.3) is 0 Å². The second kappa shape index (κ2) is 5.24. The van der Waals surface area contributed by atoms with Gasteiger partial charge in [-0.2, -0.15) is 0 Å². The van der Waals surface area contributed by atoms with Crippen LogP contribution in [0.2, 0.25) is 0 Å². The van der Waals surface area contributed by atoms with Gasteiger partial charge in [-0.25, -0.2) is 9.18 Å². The summed E-state index contributed by atoms with van der Waals surface area (Å²) >= 11 is 0. The van der Waals surface area contributed by atoms with E-state index in [2.05, 4.69) is 0 Å². The molecule has 4 bridgehead atoms. The third-order valence-electron chi connectivity index (χ3n) is 7.34. The third-order valence-corrected chi connectivity index (χ3v) is 7.34. The maximum Gasteiger partial charge on any atom is 0.340 e. The van der Waals surface area contributed by atoms with Crippen LogP contribution in [0.1, 0.15) is 51.4 Å². The van der Waals surface area contributed by atoms with Crippen LogP contribution >= 0.6 is 0 Å². The molecule has 4 saturated carbocycles. The number of rotatable bonds is 4. The van der Waals surface area contributed by atoms with Gasteiger partial charge in [-0.05, 0) is 74.0 Å². The van der Waals surface area contributed by atoms with Gasteiger partial charge in [0, 0.05) is 5.92 Å². The minimum atomic E-state index is -1.39. The molecule has 8 atom stereocenters. The molecule has 0 heterocycles. The lowest BCUT2D eigenvalue weighted by molar-refractivity contribution is -0.152. The van der Waals surface area contributed by atoms with Crippen molar-refractivity contribution in [3.8, 4) is 0 Å². The zero-order valence-corrected chi connectivity index (χ0v) is 13.0. The lowest BCUT2D eigenvalue weighted by Gasteiger charge is -2.39. The monoisotopic (exact) mass is 294 g/mol. The summed E-state index contributed by atoms with van der Waals surface area (Å²) in [4.78, 5) is 11.9. The zero-order chi connectivity index (χ0) is 14.6. The fourth-order valence-corrected chi connectivity index (χ4v) is 6.55. The van der Waals surface area contributed by atoms with Crippen molar-refractivity contribution in [3.63, 3.8) is 0 Å². The van der Waals surface area contributed by atoms with E-state index in [0.29, 0.717) is 23.7 Å². The van der Waals surface area contributed by atoms with Crippen LogP contribution in [-0.4, -0.2) is 19.3 Å². The van der Waals surface area contributed by atoms with Gasteiger partial charge in [-0.3, -0.25) is 0 Å². The van der Waals surface area contributed by atoms with Gasteiger partial charge < -0.3 is 4.74 Å². The molecule has 0 radical (unpaired) electrons. The summed E-state index contributed by atoms with van der Waals surface area (Å²) in [6.07, 6.45) is 8.72. The van der Waals surface area contributed by atoms with Crippen molar-refractivity contribution < 1.29 is 13.9 Å². The number of carbonyl (C=O) groups excluding carboxylic acids is 1. The number of methoxy groups -OCH3 is 1. The number of hydrogen-bond donors (Lipinski definition) is 0. The van der Waals surface area contributed by atoms with Crippen LogP contribution in [0.3, 0.4) is 0 Å². The first kappa shape index (κ1) is 14.0. The Bertz CT molecular complexity index is 395. The van der Waals surface area contributed by atoms with E-state index in [0.717, 1.165) is 11.8 Å². The van der Waals surface area contributed by atoms with Crippen LogP contribution in [0.4, 0.5) is 4.39 Å². The van der Waals surface area contributed by atoms with E-state index >= 15 is 0 Å². The van der Waals surface area contributed by atoms with Gasteiger partial charge in [-0.1, -0.05) is 12.8 Å². The SMILES string of the molecule is COC(=O)C(F)C(C1C[C@H]2CC[C@@H]1C2)C1C[C@@H]2CC[C@H]1C2. The molecule has 4 unspecified atom stereocenters. The van der Waals surface area contributed by atoms with Crippen molar-refractivity contribution >= 4 is 5.97 Å². The van der Waals surface area contributed by atoms with Gasteiger partial charge in [0.2, 0.25) is 6.17 Å². The van der Waals surface area contributed by atoms with Crippen LogP contribution in [0.25, 0.3) is 0 Å². The molecule has 4 aliphatic rings.